The monoisotopic (exact) mass is 231 g/mol. The van der Waals surface area contributed by atoms with Gasteiger partial charge in [0, 0.05) is 6.54 Å². The van der Waals surface area contributed by atoms with E-state index < -0.39 is 35.7 Å². The van der Waals surface area contributed by atoms with Gasteiger partial charge in [0.15, 0.2) is 0 Å². The fourth-order valence-electron chi connectivity index (χ4n) is 1.70. The van der Waals surface area contributed by atoms with Crippen molar-refractivity contribution >= 4 is 17.9 Å². The van der Waals surface area contributed by atoms with Gasteiger partial charge in [0.25, 0.3) is 0 Å². The number of aliphatic carboxylic acids is 3. The van der Waals surface area contributed by atoms with Crippen molar-refractivity contribution in [2.24, 2.45) is 17.8 Å². The average Bonchev–Trinajstić information content (AvgIpc) is 2.90. The molecule has 7 heteroatoms. The van der Waals surface area contributed by atoms with Crippen LogP contribution in [0.1, 0.15) is 6.42 Å². The van der Waals surface area contributed by atoms with Crippen molar-refractivity contribution in [3.8, 4) is 0 Å². The second kappa shape index (κ2) is 4.93. The van der Waals surface area contributed by atoms with Crippen molar-refractivity contribution in [3.05, 3.63) is 0 Å². The van der Waals surface area contributed by atoms with Gasteiger partial charge in [-0.25, -0.2) is 0 Å². The van der Waals surface area contributed by atoms with Crippen LogP contribution >= 0.6 is 0 Å². The summed E-state index contributed by atoms with van der Waals surface area (Å²) in [6.45, 7) is -0.343. The van der Waals surface area contributed by atoms with E-state index >= 15 is 0 Å². The van der Waals surface area contributed by atoms with Crippen molar-refractivity contribution in [1.82, 2.24) is 5.32 Å². The molecule has 1 fully saturated rings. The van der Waals surface area contributed by atoms with Crippen molar-refractivity contribution in [2.45, 2.75) is 6.42 Å². The SMILES string of the molecule is O=C(O)CNCC(C(=O)O)C1CC1C(=O)O. The predicted molar refractivity (Wildman–Crippen MR) is 50.9 cm³/mol. The van der Waals surface area contributed by atoms with E-state index in [0.717, 1.165) is 0 Å². The zero-order valence-corrected chi connectivity index (χ0v) is 8.42. The molecule has 7 nitrogen and oxygen atoms in total. The minimum atomic E-state index is -1.09. The van der Waals surface area contributed by atoms with Crippen LogP contribution in [0.3, 0.4) is 0 Å². The van der Waals surface area contributed by atoms with Gasteiger partial charge in [-0.05, 0) is 12.3 Å². The molecular formula is C9H13NO6. The van der Waals surface area contributed by atoms with Gasteiger partial charge in [-0.1, -0.05) is 0 Å². The molecule has 0 heterocycles. The number of carboxylic acid groups (broad SMARTS) is 3. The minimum Gasteiger partial charge on any atom is -0.481 e. The summed E-state index contributed by atoms with van der Waals surface area (Å²) >= 11 is 0. The molecule has 1 aliphatic carbocycles. The highest BCUT2D eigenvalue weighted by Gasteiger charge is 2.50. The molecule has 1 rings (SSSR count). The third-order valence-corrected chi connectivity index (χ3v) is 2.63. The van der Waals surface area contributed by atoms with E-state index in [1.807, 2.05) is 0 Å². The zero-order valence-electron chi connectivity index (χ0n) is 8.42. The Morgan fingerprint density at radius 2 is 1.88 bits per heavy atom. The van der Waals surface area contributed by atoms with Crippen LogP contribution in [0.5, 0.6) is 0 Å². The van der Waals surface area contributed by atoms with Gasteiger partial charge in [-0.2, -0.15) is 0 Å². The lowest BCUT2D eigenvalue weighted by atomic mass is 10.0. The molecule has 0 aromatic heterocycles. The Balaban J connectivity index is 2.41. The molecule has 0 saturated heterocycles. The summed E-state index contributed by atoms with van der Waals surface area (Å²) in [5.74, 6) is -4.99. The number of rotatable bonds is 7. The van der Waals surface area contributed by atoms with Crippen molar-refractivity contribution < 1.29 is 29.7 Å². The number of carbonyl (C=O) groups is 3. The molecule has 16 heavy (non-hydrogen) atoms. The van der Waals surface area contributed by atoms with E-state index in [1.165, 1.54) is 0 Å². The molecule has 4 N–H and O–H groups in total. The predicted octanol–water partition coefficient (Wildman–Crippen LogP) is -0.918. The maximum Gasteiger partial charge on any atom is 0.317 e. The summed E-state index contributed by atoms with van der Waals surface area (Å²) < 4.78 is 0. The van der Waals surface area contributed by atoms with E-state index in [9.17, 15) is 14.4 Å². The maximum absolute atomic E-state index is 10.8. The molecule has 0 radical (unpaired) electrons. The summed E-state index contributed by atoms with van der Waals surface area (Å²) in [6, 6.07) is 0. The summed E-state index contributed by atoms with van der Waals surface area (Å²) in [6.07, 6.45) is 0.348. The van der Waals surface area contributed by atoms with Gasteiger partial charge in [0.05, 0.1) is 18.4 Å². The molecule has 0 spiro atoms. The van der Waals surface area contributed by atoms with Gasteiger partial charge in [0.2, 0.25) is 0 Å². The Hall–Kier alpha value is -1.63. The summed E-state index contributed by atoms with van der Waals surface area (Å²) in [5.41, 5.74) is 0. The van der Waals surface area contributed by atoms with Crippen molar-refractivity contribution in [3.63, 3.8) is 0 Å². The lowest BCUT2D eigenvalue weighted by Gasteiger charge is -2.11. The highest BCUT2D eigenvalue weighted by atomic mass is 16.4. The fraction of sp³-hybridized carbons (Fsp3) is 0.667. The van der Waals surface area contributed by atoms with Crippen LogP contribution in [0.4, 0.5) is 0 Å². The van der Waals surface area contributed by atoms with Gasteiger partial charge in [0.1, 0.15) is 0 Å². The fourth-order valence-corrected chi connectivity index (χ4v) is 1.70. The Morgan fingerprint density at radius 3 is 2.25 bits per heavy atom. The van der Waals surface area contributed by atoms with Crippen LogP contribution < -0.4 is 5.32 Å². The van der Waals surface area contributed by atoms with Gasteiger partial charge in [-0.15, -0.1) is 0 Å². The molecule has 0 amide bonds. The van der Waals surface area contributed by atoms with Crippen LogP contribution in [0.25, 0.3) is 0 Å². The van der Waals surface area contributed by atoms with Crippen LogP contribution in [-0.4, -0.2) is 46.3 Å². The van der Waals surface area contributed by atoms with E-state index in [1.54, 1.807) is 0 Å². The smallest absolute Gasteiger partial charge is 0.317 e. The minimum absolute atomic E-state index is 0.0178. The van der Waals surface area contributed by atoms with Gasteiger partial charge in [-0.3, -0.25) is 14.4 Å². The van der Waals surface area contributed by atoms with Crippen molar-refractivity contribution in [2.75, 3.05) is 13.1 Å². The van der Waals surface area contributed by atoms with E-state index in [4.69, 9.17) is 15.3 Å². The lowest BCUT2D eigenvalue weighted by Crippen LogP contribution is -2.33. The molecule has 0 bridgehead atoms. The Morgan fingerprint density at radius 1 is 1.25 bits per heavy atom. The number of hydrogen-bond acceptors (Lipinski definition) is 4. The van der Waals surface area contributed by atoms with Crippen LogP contribution in [0, 0.1) is 17.8 Å². The van der Waals surface area contributed by atoms with Gasteiger partial charge < -0.3 is 20.6 Å². The van der Waals surface area contributed by atoms with Crippen molar-refractivity contribution in [1.29, 1.82) is 0 Å². The molecular weight excluding hydrogens is 218 g/mol. The molecule has 1 aliphatic rings. The normalized spacial score (nSPS) is 24.8. The van der Waals surface area contributed by atoms with Crippen LogP contribution in [0.15, 0.2) is 0 Å². The largest absolute Gasteiger partial charge is 0.481 e. The first-order valence-corrected chi connectivity index (χ1v) is 4.81. The number of nitrogens with one attached hydrogen (secondary N) is 1. The summed E-state index contributed by atoms with van der Waals surface area (Å²) in [5, 5.41) is 28.4. The maximum atomic E-state index is 10.8. The molecule has 0 aromatic carbocycles. The van der Waals surface area contributed by atoms with Crippen LogP contribution in [-0.2, 0) is 14.4 Å². The Bertz CT molecular complexity index is 315. The lowest BCUT2D eigenvalue weighted by molar-refractivity contribution is -0.144. The average molecular weight is 231 g/mol. The first kappa shape index (κ1) is 12.4. The number of hydrogen-bond donors (Lipinski definition) is 4. The van der Waals surface area contributed by atoms with Crippen LogP contribution in [0.2, 0.25) is 0 Å². The first-order valence-electron chi connectivity index (χ1n) is 4.81. The second-order valence-electron chi connectivity index (χ2n) is 3.81. The third-order valence-electron chi connectivity index (χ3n) is 2.63. The molecule has 90 valence electrons. The van der Waals surface area contributed by atoms with E-state index in [2.05, 4.69) is 5.32 Å². The quantitative estimate of drug-likeness (QED) is 0.446. The molecule has 0 aliphatic heterocycles. The Kier molecular flexibility index (Phi) is 3.83. The highest BCUT2D eigenvalue weighted by Crippen LogP contribution is 2.44. The second-order valence-corrected chi connectivity index (χ2v) is 3.81. The molecule has 3 unspecified atom stereocenters. The third kappa shape index (κ3) is 3.20. The number of carboxylic acids is 3. The summed E-state index contributed by atoms with van der Waals surface area (Å²) in [7, 11) is 0. The first-order chi connectivity index (χ1) is 7.43. The van der Waals surface area contributed by atoms with E-state index in [0.29, 0.717) is 6.42 Å². The zero-order chi connectivity index (χ0) is 12.3. The Labute approximate surface area is 91.1 Å². The highest BCUT2D eigenvalue weighted by molar-refractivity contribution is 5.78. The molecule has 0 aromatic rings. The van der Waals surface area contributed by atoms with Gasteiger partial charge >= 0.3 is 17.9 Å². The topological polar surface area (TPSA) is 124 Å². The molecule has 1 saturated carbocycles. The summed E-state index contributed by atoms with van der Waals surface area (Å²) in [4.78, 5) is 31.6. The standard InChI is InChI=1S/C9H13NO6/c11-7(12)3-10-2-6(9(15)16)4-1-5(4)8(13)14/h4-6,10H,1-3H2,(H,11,12)(H,13,14)(H,15,16). The van der Waals surface area contributed by atoms with E-state index in [-0.39, 0.29) is 13.1 Å². The molecule has 3 atom stereocenters.